The van der Waals surface area contributed by atoms with Gasteiger partial charge < -0.3 is 10.1 Å². The Labute approximate surface area is 129 Å². The molecule has 2 saturated carbocycles. The van der Waals surface area contributed by atoms with Gasteiger partial charge >= 0.3 is 0 Å². The standard InChI is InChI=1S/C19H29NO/c1-14-4-3-5-17(11-6-14)20-19(15-7-8-15)16-9-12-18(21-2)13-10-16/h9-10,12-15,17,19-20H,3-8,11H2,1-2H3. The third kappa shape index (κ3) is 4.00. The van der Waals surface area contributed by atoms with Crippen molar-refractivity contribution < 1.29 is 4.74 Å². The molecule has 1 aromatic carbocycles. The first kappa shape index (κ1) is 14.9. The summed E-state index contributed by atoms with van der Waals surface area (Å²) in [7, 11) is 1.73. The topological polar surface area (TPSA) is 21.3 Å². The minimum Gasteiger partial charge on any atom is -0.497 e. The van der Waals surface area contributed by atoms with Crippen LogP contribution in [0.4, 0.5) is 0 Å². The minimum absolute atomic E-state index is 0.550. The monoisotopic (exact) mass is 287 g/mol. The summed E-state index contributed by atoms with van der Waals surface area (Å²) in [4.78, 5) is 0. The average Bonchev–Trinajstić information content (AvgIpc) is 3.34. The minimum atomic E-state index is 0.550. The Hall–Kier alpha value is -1.02. The van der Waals surface area contributed by atoms with Crippen molar-refractivity contribution in [3.8, 4) is 5.75 Å². The van der Waals surface area contributed by atoms with Gasteiger partial charge in [0.05, 0.1) is 7.11 Å². The molecule has 2 heteroatoms. The number of hydrogen-bond acceptors (Lipinski definition) is 2. The number of hydrogen-bond donors (Lipinski definition) is 1. The van der Waals surface area contributed by atoms with Crippen molar-refractivity contribution in [2.75, 3.05) is 7.11 Å². The van der Waals surface area contributed by atoms with Gasteiger partial charge in [0.1, 0.15) is 5.75 Å². The summed E-state index contributed by atoms with van der Waals surface area (Å²) in [6.45, 7) is 2.41. The Morgan fingerprint density at radius 1 is 1.00 bits per heavy atom. The second-order valence-electron chi connectivity index (χ2n) is 7.07. The van der Waals surface area contributed by atoms with Gasteiger partial charge in [0, 0.05) is 12.1 Å². The normalized spacial score (nSPS) is 27.9. The predicted molar refractivity (Wildman–Crippen MR) is 87.6 cm³/mol. The second kappa shape index (κ2) is 6.83. The molecule has 2 fully saturated rings. The maximum atomic E-state index is 5.28. The molecule has 3 unspecified atom stereocenters. The van der Waals surface area contributed by atoms with Gasteiger partial charge in [-0.05, 0) is 61.6 Å². The summed E-state index contributed by atoms with van der Waals surface area (Å²) in [5.74, 6) is 2.72. The summed E-state index contributed by atoms with van der Waals surface area (Å²) >= 11 is 0. The Kier molecular flexibility index (Phi) is 4.84. The van der Waals surface area contributed by atoms with Crippen molar-refractivity contribution in [3.63, 3.8) is 0 Å². The van der Waals surface area contributed by atoms with Gasteiger partial charge in [-0.25, -0.2) is 0 Å². The second-order valence-corrected chi connectivity index (χ2v) is 7.07. The highest BCUT2D eigenvalue weighted by Crippen LogP contribution is 2.42. The Morgan fingerprint density at radius 2 is 1.76 bits per heavy atom. The molecule has 2 aliphatic rings. The first-order valence-electron chi connectivity index (χ1n) is 8.66. The molecular formula is C19H29NO. The molecule has 116 valence electrons. The maximum Gasteiger partial charge on any atom is 0.118 e. The van der Waals surface area contributed by atoms with Gasteiger partial charge in [0.15, 0.2) is 0 Å². The first-order chi connectivity index (χ1) is 10.3. The zero-order chi connectivity index (χ0) is 14.7. The van der Waals surface area contributed by atoms with E-state index in [-0.39, 0.29) is 0 Å². The summed E-state index contributed by atoms with van der Waals surface area (Å²) in [5.41, 5.74) is 1.44. The van der Waals surface area contributed by atoms with Crippen LogP contribution in [0.25, 0.3) is 0 Å². The van der Waals surface area contributed by atoms with E-state index in [1.54, 1.807) is 7.11 Å². The Morgan fingerprint density at radius 3 is 2.43 bits per heavy atom. The van der Waals surface area contributed by atoms with Crippen LogP contribution in [0, 0.1) is 11.8 Å². The zero-order valence-electron chi connectivity index (χ0n) is 13.5. The molecule has 2 nitrogen and oxygen atoms in total. The molecule has 0 aliphatic heterocycles. The number of rotatable bonds is 5. The fraction of sp³-hybridized carbons (Fsp3) is 0.684. The van der Waals surface area contributed by atoms with Crippen LogP contribution in [0.3, 0.4) is 0 Å². The number of benzene rings is 1. The fourth-order valence-corrected chi connectivity index (χ4v) is 3.65. The van der Waals surface area contributed by atoms with Crippen molar-refractivity contribution in [3.05, 3.63) is 29.8 Å². The summed E-state index contributed by atoms with van der Waals surface area (Å²) in [6, 6.07) is 9.95. The molecule has 1 aromatic rings. The van der Waals surface area contributed by atoms with Crippen molar-refractivity contribution in [1.29, 1.82) is 0 Å². The Bertz CT molecular complexity index is 437. The molecule has 21 heavy (non-hydrogen) atoms. The lowest BCUT2D eigenvalue weighted by Crippen LogP contribution is -2.33. The molecule has 0 amide bonds. The van der Waals surface area contributed by atoms with Crippen LogP contribution in [-0.4, -0.2) is 13.2 Å². The van der Waals surface area contributed by atoms with Crippen LogP contribution in [0.15, 0.2) is 24.3 Å². The van der Waals surface area contributed by atoms with E-state index in [4.69, 9.17) is 4.74 Å². The van der Waals surface area contributed by atoms with Crippen LogP contribution in [0.1, 0.15) is 63.5 Å². The molecule has 2 aliphatic carbocycles. The number of ether oxygens (including phenoxy) is 1. The molecule has 0 aromatic heterocycles. The maximum absolute atomic E-state index is 5.28. The van der Waals surface area contributed by atoms with E-state index in [0.29, 0.717) is 12.1 Å². The molecule has 0 spiro atoms. The summed E-state index contributed by atoms with van der Waals surface area (Å²) in [6.07, 6.45) is 9.65. The summed E-state index contributed by atoms with van der Waals surface area (Å²) in [5, 5.41) is 3.99. The number of nitrogens with one attached hydrogen (secondary N) is 1. The van der Waals surface area contributed by atoms with Gasteiger partial charge in [-0.3, -0.25) is 0 Å². The van der Waals surface area contributed by atoms with Crippen LogP contribution in [0.5, 0.6) is 5.75 Å². The van der Waals surface area contributed by atoms with E-state index < -0.39 is 0 Å². The van der Waals surface area contributed by atoms with Gasteiger partial charge in [-0.15, -0.1) is 0 Å². The third-order valence-electron chi connectivity index (χ3n) is 5.24. The van der Waals surface area contributed by atoms with Crippen LogP contribution in [0.2, 0.25) is 0 Å². The molecular weight excluding hydrogens is 258 g/mol. The molecule has 0 bridgehead atoms. The van der Waals surface area contributed by atoms with Crippen LogP contribution < -0.4 is 10.1 Å². The largest absolute Gasteiger partial charge is 0.497 e. The molecule has 3 atom stereocenters. The average molecular weight is 287 g/mol. The highest BCUT2D eigenvalue weighted by atomic mass is 16.5. The lowest BCUT2D eigenvalue weighted by molar-refractivity contribution is 0.369. The van der Waals surface area contributed by atoms with E-state index in [9.17, 15) is 0 Å². The zero-order valence-corrected chi connectivity index (χ0v) is 13.5. The SMILES string of the molecule is COc1ccc(C(NC2CCCC(C)CC2)C2CC2)cc1. The quantitative estimate of drug-likeness (QED) is 0.792. The molecule has 0 saturated heterocycles. The lowest BCUT2D eigenvalue weighted by atomic mass is 9.98. The van der Waals surface area contributed by atoms with E-state index in [2.05, 4.69) is 36.5 Å². The molecule has 3 rings (SSSR count). The van der Waals surface area contributed by atoms with Gasteiger partial charge in [-0.1, -0.05) is 31.9 Å². The van der Waals surface area contributed by atoms with E-state index in [1.165, 1.54) is 50.5 Å². The van der Waals surface area contributed by atoms with E-state index in [0.717, 1.165) is 17.6 Å². The van der Waals surface area contributed by atoms with Crippen molar-refractivity contribution >= 4 is 0 Å². The van der Waals surface area contributed by atoms with Gasteiger partial charge in [-0.2, -0.15) is 0 Å². The van der Waals surface area contributed by atoms with Crippen molar-refractivity contribution in [2.45, 2.75) is 64.0 Å². The van der Waals surface area contributed by atoms with E-state index in [1.807, 2.05) is 0 Å². The molecule has 0 heterocycles. The highest BCUT2D eigenvalue weighted by molar-refractivity contribution is 5.30. The fourth-order valence-electron chi connectivity index (χ4n) is 3.65. The van der Waals surface area contributed by atoms with Crippen LogP contribution in [-0.2, 0) is 0 Å². The van der Waals surface area contributed by atoms with Crippen LogP contribution >= 0.6 is 0 Å². The molecule has 0 radical (unpaired) electrons. The molecule has 1 N–H and O–H groups in total. The van der Waals surface area contributed by atoms with Crippen molar-refractivity contribution in [1.82, 2.24) is 5.32 Å². The predicted octanol–water partition coefficient (Wildman–Crippen LogP) is 4.70. The smallest absolute Gasteiger partial charge is 0.118 e. The highest BCUT2D eigenvalue weighted by Gasteiger charge is 2.33. The first-order valence-corrected chi connectivity index (χ1v) is 8.66. The van der Waals surface area contributed by atoms with Gasteiger partial charge in [0.25, 0.3) is 0 Å². The van der Waals surface area contributed by atoms with Crippen molar-refractivity contribution in [2.24, 2.45) is 11.8 Å². The summed E-state index contributed by atoms with van der Waals surface area (Å²) < 4.78 is 5.28. The third-order valence-corrected chi connectivity index (χ3v) is 5.24. The van der Waals surface area contributed by atoms with Gasteiger partial charge in [0.2, 0.25) is 0 Å². The van der Waals surface area contributed by atoms with E-state index >= 15 is 0 Å². The Balaban J connectivity index is 1.66. The lowest BCUT2D eigenvalue weighted by Gasteiger charge is -2.25. The number of methoxy groups -OCH3 is 1.